The SMILES string of the molecule is CC(=O)N(CCC(=O)N1CCN(c2cccc(C)c2)CC1)c1ccccc1F. The Kier molecular flexibility index (Phi) is 6.29. The third-order valence-electron chi connectivity index (χ3n) is 5.07. The largest absolute Gasteiger partial charge is 0.368 e. The number of benzene rings is 2. The predicted octanol–water partition coefficient (Wildman–Crippen LogP) is 3.23. The molecule has 5 nitrogen and oxygen atoms in total. The molecular weight excluding hydrogens is 357 g/mol. The fourth-order valence-corrected chi connectivity index (χ4v) is 3.52. The molecule has 0 bridgehead atoms. The second kappa shape index (κ2) is 8.87. The van der Waals surface area contributed by atoms with Gasteiger partial charge in [-0.15, -0.1) is 0 Å². The second-order valence-corrected chi connectivity index (χ2v) is 7.08. The molecule has 0 spiro atoms. The summed E-state index contributed by atoms with van der Waals surface area (Å²) in [6.45, 7) is 6.47. The van der Waals surface area contributed by atoms with E-state index in [-0.39, 0.29) is 30.5 Å². The average Bonchev–Trinajstić information content (AvgIpc) is 2.69. The van der Waals surface area contributed by atoms with Gasteiger partial charge < -0.3 is 14.7 Å². The van der Waals surface area contributed by atoms with Crippen LogP contribution in [-0.4, -0.2) is 49.4 Å². The first-order valence-electron chi connectivity index (χ1n) is 9.58. The van der Waals surface area contributed by atoms with E-state index in [4.69, 9.17) is 0 Å². The van der Waals surface area contributed by atoms with Gasteiger partial charge >= 0.3 is 0 Å². The fourth-order valence-electron chi connectivity index (χ4n) is 3.52. The van der Waals surface area contributed by atoms with Crippen molar-refractivity contribution in [2.24, 2.45) is 0 Å². The molecule has 3 rings (SSSR count). The summed E-state index contributed by atoms with van der Waals surface area (Å²) in [7, 11) is 0. The molecule has 6 heteroatoms. The molecule has 148 valence electrons. The number of nitrogens with zero attached hydrogens (tertiary/aromatic N) is 3. The topological polar surface area (TPSA) is 43.9 Å². The van der Waals surface area contributed by atoms with Crippen LogP contribution >= 0.6 is 0 Å². The first-order valence-corrected chi connectivity index (χ1v) is 9.58. The Morgan fingerprint density at radius 2 is 1.75 bits per heavy atom. The molecule has 0 aromatic heterocycles. The highest BCUT2D eigenvalue weighted by atomic mass is 19.1. The van der Waals surface area contributed by atoms with Crippen LogP contribution in [0.25, 0.3) is 0 Å². The predicted molar refractivity (Wildman–Crippen MR) is 109 cm³/mol. The molecule has 1 fully saturated rings. The van der Waals surface area contributed by atoms with E-state index < -0.39 is 5.82 Å². The number of rotatable bonds is 5. The number of piperazine rings is 1. The highest BCUT2D eigenvalue weighted by Crippen LogP contribution is 2.20. The molecule has 0 radical (unpaired) electrons. The van der Waals surface area contributed by atoms with E-state index in [1.165, 1.54) is 29.1 Å². The van der Waals surface area contributed by atoms with Crippen LogP contribution in [0, 0.1) is 12.7 Å². The van der Waals surface area contributed by atoms with Crippen LogP contribution in [0.15, 0.2) is 48.5 Å². The van der Waals surface area contributed by atoms with E-state index in [1.54, 1.807) is 18.2 Å². The number of amides is 2. The van der Waals surface area contributed by atoms with Gasteiger partial charge in [0.25, 0.3) is 0 Å². The van der Waals surface area contributed by atoms with Crippen LogP contribution in [0.2, 0.25) is 0 Å². The van der Waals surface area contributed by atoms with Crippen molar-refractivity contribution in [1.82, 2.24) is 4.90 Å². The van der Waals surface area contributed by atoms with Gasteiger partial charge in [-0.2, -0.15) is 0 Å². The normalized spacial score (nSPS) is 14.1. The van der Waals surface area contributed by atoms with Crippen molar-refractivity contribution >= 4 is 23.2 Å². The van der Waals surface area contributed by atoms with Crippen LogP contribution in [0.5, 0.6) is 0 Å². The molecular formula is C22H26FN3O2. The lowest BCUT2D eigenvalue weighted by Crippen LogP contribution is -2.49. The molecule has 2 amide bonds. The summed E-state index contributed by atoms with van der Waals surface area (Å²) in [4.78, 5) is 30.0. The maximum absolute atomic E-state index is 14.0. The number of carbonyl (C=O) groups excluding carboxylic acids is 2. The molecule has 2 aromatic rings. The Morgan fingerprint density at radius 3 is 2.39 bits per heavy atom. The van der Waals surface area contributed by atoms with Crippen molar-refractivity contribution in [3.8, 4) is 0 Å². The standard InChI is InChI=1S/C22H26FN3O2/c1-17-6-5-7-19(16-17)24-12-14-25(15-13-24)22(28)10-11-26(18(2)27)21-9-4-3-8-20(21)23/h3-9,16H,10-15H2,1-2H3. The Morgan fingerprint density at radius 1 is 1.04 bits per heavy atom. The molecule has 0 saturated carbocycles. The Labute approximate surface area is 165 Å². The van der Waals surface area contributed by atoms with Crippen molar-refractivity contribution in [2.45, 2.75) is 20.3 Å². The van der Waals surface area contributed by atoms with Gasteiger partial charge in [-0.25, -0.2) is 4.39 Å². The van der Waals surface area contributed by atoms with Gasteiger partial charge in [0.2, 0.25) is 11.8 Å². The molecule has 1 aliphatic rings. The lowest BCUT2D eigenvalue weighted by molar-refractivity contribution is -0.131. The smallest absolute Gasteiger partial charge is 0.224 e. The number of hydrogen-bond acceptors (Lipinski definition) is 3. The highest BCUT2D eigenvalue weighted by molar-refractivity contribution is 5.92. The third-order valence-corrected chi connectivity index (χ3v) is 5.07. The van der Waals surface area contributed by atoms with Crippen molar-refractivity contribution in [2.75, 3.05) is 42.5 Å². The zero-order valence-electron chi connectivity index (χ0n) is 16.4. The van der Waals surface area contributed by atoms with Gasteiger partial charge in [-0.3, -0.25) is 9.59 Å². The molecule has 1 saturated heterocycles. The minimum atomic E-state index is -0.461. The van der Waals surface area contributed by atoms with Crippen molar-refractivity contribution in [1.29, 1.82) is 0 Å². The molecule has 0 aliphatic carbocycles. The second-order valence-electron chi connectivity index (χ2n) is 7.08. The van der Waals surface area contributed by atoms with E-state index in [0.29, 0.717) is 13.1 Å². The van der Waals surface area contributed by atoms with E-state index in [1.807, 2.05) is 11.0 Å². The van der Waals surface area contributed by atoms with Gasteiger partial charge in [-0.1, -0.05) is 24.3 Å². The molecule has 1 heterocycles. The molecule has 0 unspecified atom stereocenters. The van der Waals surface area contributed by atoms with Gasteiger partial charge in [0.05, 0.1) is 5.69 Å². The van der Waals surface area contributed by atoms with Gasteiger partial charge in [-0.05, 0) is 36.8 Å². The zero-order valence-corrected chi connectivity index (χ0v) is 16.4. The molecule has 2 aromatic carbocycles. The van der Waals surface area contributed by atoms with Gasteiger partial charge in [0.1, 0.15) is 5.82 Å². The first-order chi connectivity index (χ1) is 13.5. The Balaban J connectivity index is 1.55. The van der Waals surface area contributed by atoms with Crippen LogP contribution in [-0.2, 0) is 9.59 Å². The summed E-state index contributed by atoms with van der Waals surface area (Å²) in [5.74, 6) is -0.745. The van der Waals surface area contributed by atoms with E-state index in [2.05, 4.69) is 30.0 Å². The van der Waals surface area contributed by atoms with Crippen LogP contribution in [0.4, 0.5) is 15.8 Å². The lowest BCUT2D eigenvalue weighted by atomic mass is 10.2. The van der Waals surface area contributed by atoms with Crippen molar-refractivity contribution in [3.63, 3.8) is 0 Å². The Hall–Kier alpha value is -2.89. The maximum Gasteiger partial charge on any atom is 0.224 e. The van der Waals surface area contributed by atoms with Crippen LogP contribution < -0.4 is 9.80 Å². The molecule has 28 heavy (non-hydrogen) atoms. The quantitative estimate of drug-likeness (QED) is 0.796. The van der Waals surface area contributed by atoms with Crippen molar-refractivity contribution in [3.05, 3.63) is 59.9 Å². The minimum absolute atomic E-state index is 0.00789. The summed E-state index contributed by atoms with van der Waals surface area (Å²) in [5, 5.41) is 0. The number of anilines is 2. The number of para-hydroxylation sites is 1. The summed E-state index contributed by atoms with van der Waals surface area (Å²) in [6, 6.07) is 14.5. The number of carbonyl (C=O) groups is 2. The minimum Gasteiger partial charge on any atom is -0.368 e. The summed E-state index contributed by atoms with van der Waals surface area (Å²) in [5.41, 5.74) is 2.61. The molecule has 1 aliphatic heterocycles. The average molecular weight is 383 g/mol. The number of halogens is 1. The lowest BCUT2D eigenvalue weighted by Gasteiger charge is -2.36. The number of aryl methyl sites for hydroxylation is 1. The molecule has 0 atom stereocenters. The van der Waals surface area contributed by atoms with E-state index in [0.717, 1.165) is 13.1 Å². The monoisotopic (exact) mass is 383 g/mol. The van der Waals surface area contributed by atoms with Gasteiger partial charge in [0.15, 0.2) is 0 Å². The van der Waals surface area contributed by atoms with Crippen molar-refractivity contribution < 1.29 is 14.0 Å². The van der Waals surface area contributed by atoms with Gasteiger partial charge in [0, 0.05) is 51.8 Å². The summed E-state index contributed by atoms with van der Waals surface area (Å²) < 4.78 is 14.0. The van der Waals surface area contributed by atoms with E-state index >= 15 is 0 Å². The first kappa shape index (κ1) is 19.9. The van der Waals surface area contributed by atoms with Crippen LogP contribution in [0.3, 0.4) is 0 Å². The molecule has 0 N–H and O–H groups in total. The summed E-state index contributed by atoms with van der Waals surface area (Å²) in [6.07, 6.45) is 0.179. The van der Waals surface area contributed by atoms with Crippen LogP contribution in [0.1, 0.15) is 18.9 Å². The highest BCUT2D eigenvalue weighted by Gasteiger charge is 2.23. The summed E-state index contributed by atoms with van der Waals surface area (Å²) >= 11 is 0. The maximum atomic E-state index is 14.0. The van der Waals surface area contributed by atoms with E-state index in [9.17, 15) is 14.0 Å². The fraction of sp³-hybridized carbons (Fsp3) is 0.364. The number of hydrogen-bond donors (Lipinski definition) is 0. The third kappa shape index (κ3) is 4.68. The zero-order chi connectivity index (χ0) is 20.1. The Bertz CT molecular complexity index is 847.